The summed E-state index contributed by atoms with van der Waals surface area (Å²) in [6.45, 7) is 9.20. The van der Waals surface area contributed by atoms with Crippen molar-refractivity contribution < 1.29 is 26.7 Å². The molecule has 4 aromatic rings. The quantitative estimate of drug-likeness (QED) is 0.266. The van der Waals surface area contributed by atoms with Gasteiger partial charge in [0, 0.05) is 80.7 Å². The van der Waals surface area contributed by atoms with Crippen molar-refractivity contribution in [2.24, 2.45) is 0 Å². The molecule has 14 heteroatoms. The number of piperazine rings is 1. The van der Waals surface area contributed by atoms with E-state index in [1.165, 1.54) is 42.2 Å². The minimum atomic E-state index is -3.98. The highest BCUT2D eigenvalue weighted by Crippen LogP contribution is 2.36. The molecule has 46 heavy (non-hydrogen) atoms. The van der Waals surface area contributed by atoms with E-state index in [2.05, 4.69) is 14.8 Å². The molecule has 1 aliphatic heterocycles. The normalized spacial score (nSPS) is 14.1. The second-order valence-electron chi connectivity index (χ2n) is 11.9. The van der Waals surface area contributed by atoms with Gasteiger partial charge in [-0.15, -0.1) is 0 Å². The maximum absolute atomic E-state index is 16.0. The van der Waals surface area contributed by atoms with Gasteiger partial charge in [0.15, 0.2) is 11.6 Å². The maximum atomic E-state index is 16.0. The number of nitrogens with zero attached hydrogens (tertiary/aromatic N) is 6. The summed E-state index contributed by atoms with van der Waals surface area (Å²) in [6, 6.07) is 12.6. The highest BCUT2D eigenvalue weighted by molar-refractivity contribution is 7.90. The summed E-state index contributed by atoms with van der Waals surface area (Å²) in [6.07, 6.45) is 4.28. The van der Waals surface area contributed by atoms with Crippen LogP contribution < -0.4 is 9.62 Å². The minimum Gasteiger partial charge on any atom is -0.444 e. The van der Waals surface area contributed by atoms with E-state index in [0.29, 0.717) is 48.7 Å². The van der Waals surface area contributed by atoms with Crippen LogP contribution in [0.3, 0.4) is 0 Å². The van der Waals surface area contributed by atoms with Crippen molar-refractivity contribution in [3.8, 4) is 28.1 Å². The van der Waals surface area contributed by atoms with Gasteiger partial charge in [0.25, 0.3) is 0 Å². The molecule has 0 radical (unpaired) electrons. The molecule has 3 heterocycles. The zero-order chi connectivity index (χ0) is 33.2. The van der Waals surface area contributed by atoms with Gasteiger partial charge in [-0.1, -0.05) is 19.1 Å². The number of nitrogens with one attached hydrogen (secondary N) is 1. The molecule has 0 unspecified atom stereocenters. The third kappa shape index (κ3) is 7.12. The Morgan fingerprint density at radius 1 is 1.02 bits per heavy atom. The number of hydrogen-bond donors (Lipinski definition) is 1. The van der Waals surface area contributed by atoms with Gasteiger partial charge in [-0.2, -0.15) is 17.8 Å². The summed E-state index contributed by atoms with van der Waals surface area (Å²) in [7, 11) is -2.60. The Bertz CT molecular complexity index is 1820. The molecular formula is C32H37F2N7O4S. The van der Waals surface area contributed by atoms with Crippen molar-refractivity contribution in [3.63, 3.8) is 0 Å². The number of aromatic nitrogens is 3. The van der Waals surface area contributed by atoms with E-state index in [1.807, 2.05) is 25.7 Å². The predicted octanol–water partition coefficient (Wildman–Crippen LogP) is 5.55. The molecule has 2 aromatic heterocycles. The Balaban J connectivity index is 1.45. The Morgan fingerprint density at radius 3 is 2.35 bits per heavy atom. The summed E-state index contributed by atoms with van der Waals surface area (Å²) in [5, 5.41) is 4.64. The van der Waals surface area contributed by atoms with Crippen LogP contribution in [0.15, 0.2) is 67.1 Å². The fraction of sp³-hybridized carbons (Fsp3) is 0.344. The maximum Gasteiger partial charge on any atom is 0.410 e. The topological polar surface area (TPSA) is 113 Å². The molecule has 2 aromatic carbocycles. The van der Waals surface area contributed by atoms with Crippen LogP contribution in [0.25, 0.3) is 28.1 Å². The van der Waals surface area contributed by atoms with Gasteiger partial charge >= 0.3 is 16.3 Å². The van der Waals surface area contributed by atoms with Gasteiger partial charge in [0.05, 0.1) is 5.69 Å². The smallest absolute Gasteiger partial charge is 0.410 e. The van der Waals surface area contributed by atoms with Crippen LogP contribution in [0.5, 0.6) is 0 Å². The Hall–Kier alpha value is -4.56. The fourth-order valence-corrected chi connectivity index (χ4v) is 5.91. The van der Waals surface area contributed by atoms with Crippen molar-refractivity contribution in [3.05, 3.63) is 78.8 Å². The van der Waals surface area contributed by atoms with Crippen molar-refractivity contribution in [2.75, 3.05) is 49.4 Å². The molecule has 244 valence electrons. The fourth-order valence-electron chi connectivity index (χ4n) is 4.98. The van der Waals surface area contributed by atoms with Gasteiger partial charge in [0.2, 0.25) is 0 Å². The van der Waals surface area contributed by atoms with E-state index in [-0.39, 0.29) is 29.6 Å². The second-order valence-corrected chi connectivity index (χ2v) is 13.6. The zero-order valence-electron chi connectivity index (χ0n) is 26.4. The van der Waals surface area contributed by atoms with Crippen molar-refractivity contribution in [2.45, 2.75) is 33.3 Å². The number of benzene rings is 2. The molecule has 1 saturated heterocycles. The van der Waals surface area contributed by atoms with E-state index in [4.69, 9.17) is 4.74 Å². The van der Waals surface area contributed by atoms with Crippen LogP contribution in [0.1, 0.15) is 27.7 Å². The summed E-state index contributed by atoms with van der Waals surface area (Å²) in [4.78, 5) is 20.1. The number of amides is 1. The molecule has 0 bridgehead atoms. The lowest BCUT2D eigenvalue weighted by Gasteiger charge is -2.36. The van der Waals surface area contributed by atoms with Crippen LogP contribution in [-0.4, -0.2) is 83.9 Å². The molecule has 1 aliphatic rings. The first-order valence-corrected chi connectivity index (χ1v) is 16.3. The number of carbonyl (C=O) groups excluding carboxylic acids is 1. The molecule has 5 rings (SSSR count). The first-order valence-electron chi connectivity index (χ1n) is 14.8. The number of rotatable bonds is 8. The predicted molar refractivity (Wildman–Crippen MR) is 173 cm³/mol. The molecule has 1 N–H and O–H groups in total. The Morgan fingerprint density at radius 2 is 1.72 bits per heavy atom. The lowest BCUT2D eigenvalue weighted by atomic mass is 10.0. The van der Waals surface area contributed by atoms with Crippen LogP contribution in [0.2, 0.25) is 0 Å². The number of hydrogen-bond acceptors (Lipinski definition) is 7. The van der Waals surface area contributed by atoms with Crippen LogP contribution in [-0.2, 0) is 14.9 Å². The van der Waals surface area contributed by atoms with Crippen LogP contribution >= 0.6 is 0 Å². The number of carbonyl (C=O) groups is 1. The van der Waals surface area contributed by atoms with Crippen LogP contribution in [0.4, 0.5) is 25.0 Å². The van der Waals surface area contributed by atoms with Crippen molar-refractivity contribution >= 4 is 27.7 Å². The summed E-state index contributed by atoms with van der Waals surface area (Å²) in [5.41, 5.74) is 1.35. The van der Waals surface area contributed by atoms with Gasteiger partial charge in [-0.3, -0.25) is 9.71 Å². The summed E-state index contributed by atoms with van der Waals surface area (Å²) in [5.74, 6) is -1.35. The van der Waals surface area contributed by atoms with Crippen LogP contribution in [0, 0.1) is 11.6 Å². The standard InChI is InChI=1S/C32H37F2N7O4S/c1-6-38(5)46(43,44)37-27-9-7-8-24(29(27)34)25-21-41(36-30(25)22-12-14-35-15-13-22)28-11-10-23(20-26(28)33)39-16-18-40(19-17-39)31(42)45-32(2,3)4/h7-15,20-21,37H,6,16-19H2,1-5H3. The average Bonchev–Trinajstić information content (AvgIpc) is 3.46. The third-order valence-corrected chi connectivity index (χ3v) is 9.08. The van der Waals surface area contributed by atoms with E-state index in [1.54, 1.807) is 48.5 Å². The van der Waals surface area contributed by atoms with Gasteiger partial charge in [-0.25, -0.2) is 18.3 Å². The van der Waals surface area contributed by atoms with E-state index in [0.717, 1.165) is 4.31 Å². The molecule has 1 amide bonds. The highest BCUT2D eigenvalue weighted by Gasteiger charge is 2.27. The van der Waals surface area contributed by atoms with Gasteiger partial charge < -0.3 is 14.5 Å². The van der Waals surface area contributed by atoms with Crippen molar-refractivity contribution in [1.82, 2.24) is 24.0 Å². The van der Waals surface area contributed by atoms with Crippen molar-refractivity contribution in [1.29, 1.82) is 0 Å². The molecule has 0 aliphatic carbocycles. The largest absolute Gasteiger partial charge is 0.444 e. The van der Waals surface area contributed by atoms with Gasteiger partial charge in [0.1, 0.15) is 17.0 Å². The monoisotopic (exact) mass is 653 g/mol. The third-order valence-electron chi connectivity index (χ3n) is 7.53. The summed E-state index contributed by atoms with van der Waals surface area (Å²) < 4.78 is 67.1. The first-order chi connectivity index (χ1) is 21.8. The first kappa shape index (κ1) is 32.8. The number of halogens is 2. The lowest BCUT2D eigenvalue weighted by molar-refractivity contribution is 0.0240. The zero-order valence-corrected chi connectivity index (χ0v) is 27.2. The second kappa shape index (κ2) is 13.0. The summed E-state index contributed by atoms with van der Waals surface area (Å²) >= 11 is 0. The minimum absolute atomic E-state index is 0.0808. The number of ether oxygens (including phenoxy) is 1. The molecular weight excluding hydrogens is 616 g/mol. The average molecular weight is 654 g/mol. The molecule has 0 atom stereocenters. The van der Waals surface area contributed by atoms with E-state index in [9.17, 15) is 13.2 Å². The van der Waals surface area contributed by atoms with Gasteiger partial charge in [-0.05, 0) is 57.2 Å². The lowest BCUT2D eigenvalue weighted by Crippen LogP contribution is -2.50. The molecule has 11 nitrogen and oxygen atoms in total. The highest BCUT2D eigenvalue weighted by atomic mass is 32.2. The number of anilines is 2. The van der Waals surface area contributed by atoms with E-state index < -0.39 is 27.4 Å². The SMILES string of the molecule is CCN(C)S(=O)(=O)Nc1cccc(-c2cn(-c3ccc(N4CCN(C(=O)OC(C)(C)C)CC4)cc3F)nc2-c2ccncc2)c1F. The van der Waals surface area contributed by atoms with E-state index >= 15 is 8.78 Å². The Labute approximate surface area is 267 Å². The molecule has 0 spiro atoms. The molecule has 1 fully saturated rings. The molecule has 0 saturated carbocycles. The number of pyridine rings is 1. The Kier molecular flexibility index (Phi) is 9.31.